The summed E-state index contributed by atoms with van der Waals surface area (Å²) >= 11 is 0. The van der Waals surface area contributed by atoms with Gasteiger partial charge >= 0.3 is 0 Å². The quantitative estimate of drug-likeness (QED) is 0.915. The Morgan fingerprint density at radius 1 is 1.27 bits per heavy atom. The van der Waals surface area contributed by atoms with Crippen molar-refractivity contribution in [2.45, 2.75) is 46.6 Å². The van der Waals surface area contributed by atoms with Crippen molar-refractivity contribution in [3.8, 4) is 11.5 Å². The van der Waals surface area contributed by atoms with Gasteiger partial charge < -0.3 is 10.2 Å². The molecule has 0 bridgehead atoms. The lowest BCUT2D eigenvalue weighted by Crippen LogP contribution is -2.49. The Hall–Kier alpha value is -2.50. The minimum absolute atomic E-state index is 0.00386. The SMILES string of the molecule is Cc1nc(-c2ccccn2)nc(N2CCCC(NC(=O)C(C)C)C2)c1C. The molecule has 138 valence electrons. The van der Waals surface area contributed by atoms with Crippen molar-refractivity contribution < 1.29 is 4.79 Å². The van der Waals surface area contributed by atoms with Gasteiger partial charge in [0, 0.05) is 42.5 Å². The summed E-state index contributed by atoms with van der Waals surface area (Å²) in [6.45, 7) is 9.63. The Labute approximate surface area is 155 Å². The molecule has 6 nitrogen and oxygen atoms in total. The summed E-state index contributed by atoms with van der Waals surface area (Å²) in [5.41, 5.74) is 2.82. The van der Waals surface area contributed by atoms with Crippen molar-refractivity contribution in [1.82, 2.24) is 20.3 Å². The van der Waals surface area contributed by atoms with Gasteiger partial charge in [0.1, 0.15) is 11.5 Å². The van der Waals surface area contributed by atoms with E-state index in [4.69, 9.17) is 4.98 Å². The first-order chi connectivity index (χ1) is 12.5. The van der Waals surface area contributed by atoms with Crippen LogP contribution in [0.3, 0.4) is 0 Å². The third-order valence-corrected chi connectivity index (χ3v) is 4.85. The average Bonchev–Trinajstić information content (AvgIpc) is 2.64. The van der Waals surface area contributed by atoms with Crippen LogP contribution in [0.25, 0.3) is 11.5 Å². The van der Waals surface area contributed by atoms with Crippen LogP contribution in [-0.2, 0) is 4.79 Å². The third kappa shape index (κ3) is 4.00. The molecule has 0 aliphatic carbocycles. The zero-order valence-corrected chi connectivity index (χ0v) is 16.0. The number of pyridine rings is 1. The van der Waals surface area contributed by atoms with Crippen LogP contribution in [0.1, 0.15) is 37.9 Å². The summed E-state index contributed by atoms with van der Waals surface area (Å²) in [5.74, 6) is 1.71. The predicted molar refractivity (Wildman–Crippen MR) is 103 cm³/mol. The number of piperidine rings is 1. The minimum atomic E-state index is 0.00386. The Morgan fingerprint density at radius 2 is 2.08 bits per heavy atom. The molecule has 3 heterocycles. The van der Waals surface area contributed by atoms with E-state index >= 15 is 0 Å². The molecule has 1 N–H and O–H groups in total. The van der Waals surface area contributed by atoms with Gasteiger partial charge in [-0.3, -0.25) is 9.78 Å². The van der Waals surface area contributed by atoms with E-state index in [1.165, 1.54) is 0 Å². The zero-order chi connectivity index (χ0) is 18.7. The van der Waals surface area contributed by atoms with E-state index < -0.39 is 0 Å². The maximum absolute atomic E-state index is 12.1. The second-order valence-corrected chi connectivity index (χ2v) is 7.24. The van der Waals surface area contributed by atoms with Crippen LogP contribution in [0.5, 0.6) is 0 Å². The van der Waals surface area contributed by atoms with Crippen LogP contribution in [0.15, 0.2) is 24.4 Å². The van der Waals surface area contributed by atoms with Gasteiger partial charge in [0.2, 0.25) is 5.91 Å². The molecule has 1 amide bonds. The Balaban J connectivity index is 1.86. The molecule has 1 fully saturated rings. The molecule has 6 heteroatoms. The van der Waals surface area contributed by atoms with Gasteiger partial charge in [0.15, 0.2) is 5.82 Å². The number of anilines is 1. The van der Waals surface area contributed by atoms with Gasteiger partial charge in [-0.05, 0) is 38.8 Å². The lowest BCUT2D eigenvalue weighted by molar-refractivity contribution is -0.124. The highest BCUT2D eigenvalue weighted by atomic mass is 16.1. The average molecular weight is 353 g/mol. The van der Waals surface area contributed by atoms with E-state index in [0.29, 0.717) is 5.82 Å². The highest BCUT2D eigenvalue weighted by Crippen LogP contribution is 2.26. The molecule has 1 unspecified atom stereocenters. The molecule has 2 aromatic rings. The molecule has 2 aromatic heterocycles. The Morgan fingerprint density at radius 3 is 2.77 bits per heavy atom. The number of hydrogen-bond acceptors (Lipinski definition) is 5. The third-order valence-electron chi connectivity index (χ3n) is 4.85. The molecule has 0 radical (unpaired) electrons. The second-order valence-electron chi connectivity index (χ2n) is 7.24. The van der Waals surface area contributed by atoms with Gasteiger partial charge in [-0.1, -0.05) is 19.9 Å². The van der Waals surface area contributed by atoms with Gasteiger partial charge in [0.05, 0.1) is 0 Å². The van der Waals surface area contributed by atoms with Crippen molar-refractivity contribution >= 4 is 11.7 Å². The van der Waals surface area contributed by atoms with Gasteiger partial charge in [-0.15, -0.1) is 0 Å². The maximum Gasteiger partial charge on any atom is 0.222 e. The number of hydrogen-bond donors (Lipinski definition) is 1. The van der Waals surface area contributed by atoms with Crippen LogP contribution < -0.4 is 10.2 Å². The first-order valence-electron chi connectivity index (χ1n) is 9.27. The highest BCUT2D eigenvalue weighted by molar-refractivity contribution is 5.78. The summed E-state index contributed by atoms with van der Waals surface area (Å²) in [7, 11) is 0. The topological polar surface area (TPSA) is 71.0 Å². The smallest absolute Gasteiger partial charge is 0.222 e. The van der Waals surface area contributed by atoms with E-state index in [1.807, 2.05) is 39.0 Å². The van der Waals surface area contributed by atoms with Gasteiger partial charge in [0.25, 0.3) is 0 Å². The van der Waals surface area contributed by atoms with Crippen molar-refractivity contribution in [3.05, 3.63) is 35.7 Å². The molecule has 0 saturated carbocycles. The molecular weight excluding hydrogens is 326 g/mol. The Bertz CT molecular complexity index is 775. The monoisotopic (exact) mass is 353 g/mol. The molecule has 1 aliphatic heterocycles. The van der Waals surface area contributed by atoms with Crippen LogP contribution in [0, 0.1) is 19.8 Å². The van der Waals surface area contributed by atoms with Gasteiger partial charge in [-0.2, -0.15) is 0 Å². The summed E-state index contributed by atoms with van der Waals surface area (Å²) in [6.07, 6.45) is 3.79. The van der Waals surface area contributed by atoms with Crippen molar-refractivity contribution in [2.75, 3.05) is 18.0 Å². The zero-order valence-electron chi connectivity index (χ0n) is 16.0. The fourth-order valence-electron chi connectivity index (χ4n) is 3.19. The standard InChI is InChI=1S/C20H27N5O/c1-13(2)20(26)23-16-8-7-11-25(12-16)19-14(3)15(4)22-18(24-19)17-9-5-6-10-21-17/h5-6,9-10,13,16H,7-8,11-12H2,1-4H3,(H,23,26). The molecule has 1 atom stereocenters. The van der Waals surface area contributed by atoms with Crippen LogP contribution >= 0.6 is 0 Å². The molecule has 3 rings (SSSR count). The highest BCUT2D eigenvalue weighted by Gasteiger charge is 2.25. The van der Waals surface area contributed by atoms with E-state index in [2.05, 4.69) is 27.1 Å². The summed E-state index contributed by atoms with van der Waals surface area (Å²) in [4.78, 5) is 28.1. The fourth-order valence-corrected chi connectivity index (χ4v) is 3.19. The van der Waals surface area contributed by atoms with E-state index in [0.717, 1.165) is 48.7 Å². The number of aromatic nitrogens is 3. The molecule has 1 saturated heterocycles. The lowest BCUT2D eigenvalue weighted by atomic mass is 10.0. The molecule has 26 heavy (non-hydrogen) atoms. The number of carbonyl (C=O) groups is 1. The van der Waals surface area contributed by atoms with Crippen molar-refractivity contribution in [2.24, 2.45) is 5.92 Å². The number of carbonyl (C=O) groups excluding carboxylic acids is 1. The second kappa shape index (κ2) is 7.81. The summed E-state index contributed by atoms with van der Waals surface area (Å²) in [5, 5.41) is 3.16. The predicted octanol–water partition coefficient (Wildman–Crippen LogP) is 2.90. The fraction of sp³-hybridized carbons (Fsp3) is 0.500. The summed E-state index contributed by atoms with van der Waals surface area (Å²) < 4.78 is 0. The lowest BCUT2D eigenvalue weighted by Gasteiger charge is -2.35. The van der Waals surface area contributed by atoms with E-state index in [1.54, 1.807) is 6.20 Å². The number of nitrogens with zero attached hydrogens (tertiary/aromatic N) is 4. The minimum Gasteiger partial charge on any atom is -0.354 e. The van der Waals surface area contributed by atoms with Crippen molar-refractivity contribution in [1.29, 1.82) is 0 Å². The van der Waals surface area contributed by atoms with E-state index in [9.17, 15) is 4.79 Å². The largest absolute Gasteiger partial charge is 0.354 e. The number of amides is 1. The Kier molecular flexibility index (Phi) is 5.49. The van der Waals surface area contributed by atoms with Crippen molar-refractivity contribution in [3.63, 3.8) is 0 Å². The first kappa shape index (κ1) is 18.3. The first-order valence-corrected chi connectivity index (χ1v) is 9.27. The van der Waals surface area contributed by atoms with Crippen LogP contribution in [0.2, 0.25) is 0 Å². The normalized spacial score (nSPS) is 17.4. The molecule has 0 aromatic carbocycles. The van der Waals surface area contributed by atoms with Crippen LogP contribution in [-0.4, -0.2) is 40.0 Å². The maximum atomic E-state index is 12.1. The van der Waals surface area contributed by atoms with E-state index in [-0.39, 0.29) is 17.9 Å². The molecule has 0 spiro atoms. The summed E-state index contributed by atoms with van der Waals surface area (Å²) in [6, 6.07) is 5.92. The molecule has 1 aliphatic rings. The van der Waals surface area contributed by atoms with Gasteiger partial charge in [-0.25, -0.2) is 9.97 Å². The molecular formula is C20H27N5O. The number of aryl methyl sites for hydroxylation is 1. The number of nitrogens with one attached hydrogen (secondary N) is 1. The van der Waals surface area contributed by atoms with Crippen LogP contribution in [0.4, 0.5) is 5.82 Å². The number of rotatable bonds is 4.